The molecule has 0 atom stereocenters. The highest BCUT2D eigenvalue weighted by Gasteiger charge is 2.10. The van der Waals surface area contributed by atoms with E-state index in [-0.39, 0.29) is 12.3 Å². The summed E-state index contributed by atoms with van der Waals surface area (Å²) in [5, 5.41) is 4.65. The number of hydrogen-bond donors (Lipinski definition) is 1. The molecule has 0 aromatic heterocycles. The molecule has 0 aliphatic carbocycles. The number of hydrogen-bond acceptors (Lipinski definition) is 6. The minimum atomic E-state index is -0.211. The van der Waals surface area contributed by atoms with Gasteiger partial charge in [0.05, 0.1) is 34.2 Å². The Kier molecular flexibility index (Phi) is 8.61. The number of halogens is 1. The smallest absolute Gasteiger partial charge is 0.240 e. The Morgan fingerprint density at radius 1 is 1.03 bits per heavy atom. The Hall–Kier alpha value is -2.93. The molecule has 2 aromatic carbocycles. The van der Waals surface area contributed by atoms with Crippen LogP contribution in [0.2, 0.25) is 5.02 Å². The third-order valence-electron chi connectivity index (χ3n) is 4.07. The quantitative estimate of drug-likeness (QED) is 0.357. The van der Waals surface area contributed by atoms with Crippen molar-refractivity contribution in [2.75, 3.05) is 27.9 Å². The van der Waals surface area contributed by atoms with Crippen LogP contribution in [0.3, 0.4) is 0 Å². The van der Waals surface area contributed by atoms with Gasteiger partial charge in [-0.25, -0.2) is 5.43 Å². The van der Waals surface area contributed by atoms with Crippen molar-refractivity contribution in [3.05, 3.63) is 46.5 Å². The summed E-state index contributed by atoms with van der Waals surface area (Å²) in [6, 6.07) is 8.83. The van der Waals surface area contributed by atoms with Gasteiger partial charge in [0.2, 0.25) is 5.91 Å². The van der Waals surface area contributed by atoms with Crippen LogP contribution in [0.25, 0.3) is 0 Å². The molecule has 2 aromatic rings. The van der Waals surface area contributed by atoms with Gasteiger partial charge in [-0.1, -0.05) is 11.6 Å². The van der Waals surface area contributed by atoms with Gasteiger partial charge in [-0.3, -0.25) is 4.79 Å². The molecule has 0 unspecified atom stereocenters. The first-order chi connectivity index (χ1) is 14.0. The lowest BCUT2D eigenvalue weighted by atomic mass is 10.2. The molecule has 0 spiro atoms. The van der Waals surface area contributed by atoms with Crippen LogP contribution < -0.4 is 24.4 Å². The average molecular weight is 421 g/mol. The summed E-state index contributed by atoms with van der Waals surface area (Å²) >= 11 is 5.92. The van der Waals surface area contributed by atoms with E-state index < -0.39 is 0 Å². The van der Waals surface area contributed by atoms with Crippen molar-refractivity contribution in [3.63, 3.8) is 0 Å². The lowest BCUT2D eigenvalue weighted by Gasteiger charge is -2.11. The topological polar surface area (TPSA) is 78.4 Å². The molecule has 29 heavy (non-hydrogen) atoms. The molecule has 0 saturated heterocycles. The van der Waals surface area contributed by atoms with E-state index in [9.17, 15) is 4.79 Å². The largest absolute Gasteiger partial charge is 0.496 e. The second-order valence-electron chi connectivity index (χ2n) is 6.10. The Labute approximate surface area is 175 Å². The molecule has 0 fully saturated rings. The molecule has 0 heterocycles. The summed E-state index contributed by atoms with van der Waals surface area (Å²) < 4.78 is 21.5. The van der Waals surface area contributed by atoms with Crippen LogP contribution in [0.5, 0.6) is 23.0 Å². The fourth-order valence-corrected chi connectivity index (χ4v) is 2.80. The zero-order valence-corrected chi connectivity index (χ0v) is 17.7. The minimum Gasteiger partial charge on any atom is -0.496 e. The summed E-state index contributed by atoms with van der Waals surface area (Å²) in [5.74, 6) is 2.18. The van der Waals surface area contributed by atoms with E-state index in [1.54, 1.807) is 39.5 Å². The molecule has 156 valence electrons. The van der Waals surface area contributed by atoms with Crippen LogP contribution in [0.4, 0.5) is 0 Å². The van der Waals surface area contributed by atoms with Gasteiger partial charge in [-0.2, -0.15) is 5.10 Å². The zero-order chi connectivity index (χ0) is 21.2. The van der Waals surface area contributed by atoms with Crippen molar-refractivity contribution in [2.24, 2.45) is 5.10 Å². The third-order valence-corrected chi connectivity index (χ3v) is 4.31. The van der Waals surface area contributed by atoms with Gasteiger partial charge in [0.25, 0.3) is 0 Å². The maximum atomic E-state index is 12.0. The number of hydrazone groups is 1. The molecule has 2 rings (SSSR count). The SMILES string of the molecule is COc1cc(OC)c(OC)cc1/C=N/NC(=O)CCCOc1ccc(Cl)cc1C. The number of carbonyl (C=O) groups excluding carboxylic acids is 1. The maximum absolute atomic E-state index is 12.0. The van der Waals surface area contributed by atoms with Crippen molar-refractivity contribution in [1.29, 1.82) is 0 Å². The van der Waals surface area contributed by atoms with Gasteiger partial charge in [0, 0.05) is 23.1 Å². The second-order valence-corrected chi connectivity index (χ2v) is 6.54. The lowest BCUT2D eigenvalue weighted by molar-refractivity contribution is -0.121. The summed E-state index contributed by atoms with van der Waals surface area (Å²) in [6.45, 7) is 2.34. The van der Waals surface area contributed by atoms with E-state index >= 15 is 0 Å². The number of nitrogens with one attached hydrogen (secondary N) is 1. The number of carbonyl (C=O) groups is 1. The number of rotatable bonds is 10. The van der Waals surface area contributed by atoms with Crippen molar-refractivity contribution in [3.8, 4) is 23.0 Å². The average Bonchev–Trinajstić information content (AvgIpc) is 2.71. The highest BCUT2D eigenvalue weighted by molar-refractivity contribution is 6.30. The molecule has 7 nitrogen and oxygen atoms in total. The van der Waals surface area contributed by atoms with Crippen molar-refractivity contribution >= 4 is 23.7 Å². The highest BCUT2D eigenvalue weighted by atomic mass is 35.5. The molecule has 0 radical (unpaired) electrons. The molecular formula is C21H25ClN2O5. The van der Waals surface area contributed by atoms with Gasteiger partial charge in [-0.05, 0) is 43.2 Å². The van der Waals surface area contributed by atoms with Crippen LogP contribution in [0.15, 0.2) is 35.4 Å². The predicted molar refractivity (Wildman–Crippen MR) is 113 cm³/mol. The predicted octanol–water partition coefficient (Wildman–Crippen LogP) is 3.98. The monoisotopic (exact) mass is 420 g/mol. The number of ether oxygens (including phenoxy) is 4. The standard InChI is InChI=1S/C21H25ClN2O5/c1-14-10-16(22)7-8-17(14)29-9-5-6-21(25)24-23-13-15-11-19(27-3)20(28-4)12-18(15)26-2/h7-8,10-13H,5-6,9H2,1-4H3,(H,24,25)/b23-13+. The maximum Gasteiger partial charge on any atom is 0.240 e. The Morgan fingerprint density at radius 3 is 2.38 bits per heavy atom. The van der Waals surface area contributed by atoms with Gasteiger partial charge in [-0.15, -0.1) is 0 Å². The normalized spacial score (nSPS) is 10.7. The number of amides is 1. The van der Waals surface area contributed by atoms with Gasteiger partial charge in [0.15, 0.2) is 11.5 Å². The molecule has 0 aliphatic heterocycles. The first-order valence-corrected chi connectivity index (χ1v) is 9.37. The molecular weight excluding hydrogens is 396 g/mol. The lowest BCUT2D eigenvalue weighted by Crippen LogP contribution is -2.18. The number of nitrogens with zero attached hydrogens (tertiary/aromatic N) is 1. The Balaban J connectivity index is 1.83. The van der Waals surface area contributed by atoms with Crippen LogP contribution in [0, 0.1) is 6.92 Å². The fourth-order valence-electron chi connectivity index (χ4n) is 2.57. The third kappa shape index (κ3) is 6.57. The zero-order valence-electron chi connectivity index (χ0n) is 17.0. The van der Waals surface area contributed by atoms with Gasteiger partial charge >= 0.3 is 0 Å². The fraction of sp³-hybridized carbons (Fsp3) is 0.333. The first kappa shape index (κ1) is 22.4. The molecule has 1 amide bonds. The molecule has 0 aliphatic rings. The Bertz CT molecular complexity index is 870. The number of aryl methyl sites for hydroxylation is 1. The molecule has 0 bridgehead atoms. The summed E-state index contributed by atoms with van der Waals surface area (Å²) in [5.41, 5.74) is 4.10. The first-order valence-electron chi connectivity index (χ1n) is 8.99. The van der Waals surface area contributed by atoms with Gasteiger partial charge in [0.1, 0.15) is 11.5 Å². The number of benzene rings is 2. The highest BCUT2D eigenvalue weighted by Crippen LogP contribution is 2.33. The van der Waals surface area contributed by atoms with Crippen molar-refractivity contribution < 1.29 is 23.7 Å². The minimum absolute atomic E-state index is 0.211. The summed E-state index contributed by atoms with van der Waals surface area (Å²) in [6.07, 6.45) is 2.34. The second kappa shape index (κ2) is 11.2. The van der Waals surface area contributed by atoms with E-state index in [2.05, 4.69) is 10.5 Å². The number of methoxy groups -OCH3 is 3. The van der Waals surface area contributed by atoms with Crippen LogP contribution in [-0.2, 0) is 4.79 Å². The van der Waals surface area contributed by atoms with Crippen LogP contribution in [0.1, 0.15) is 24.0 Å². The van der Waals surface area contributed by atoms with Crippen molar-refractivity contribution in [1.82, 2.24) is 5.43 Å². The summed E-state index contributed by atoms with van der Waals surface area (Å²) in [4.78, 5) is 12.0. The van der Waals surface area contributed by atoms with Crippen molar-refractivity contribution in [2.45, 2.75) is 19.8 Å². The van der Waals surface area contributed by atoms with E-state index in [1.165, 1.54) is 6.21 Å². The van der Waals surface area contributed by atoms with E-state index in [1.807, 2.05) is 19.1 Å². The molecule has 0 saturated carbocycles. The summed E-state index contributed by atoms with van der Waals surface area (Å²) in [7, 11) is 4.63. The van der Waals surface area contributed by atoms with E-state index in [0.717, 1.165) is 11.3 Å². The van der Waals surface area contributed by atoms with E-state index in [4.69, 9.17) is 30.5 Å². The molecule has 1 N–H and O–H groups in total. The van der Waals surface area contributed by atoms with E-state index in [0.29, 0.717) is 40.9 Å². The Morgan fingerprint density at radius 2 is 1.72 bits per heavy atom. The van der Waals surface area contributed by atoms with Crippen LogP contribution in [-0.4, -0.2) is 40.1 Å². The van der Waals surface area contributed by atoms with Gasteiger partial charge < -0.3 is 18.9 Å². The molecule has 8 heteroatoms. The van der Waals surface area contributed by atoms with Crippen LogP contribution >= 0.6 is 11.6 Å².